The number of hydrogen-bond donors (Lipinski definition) is 1. The van der Waals surface area contributed by atoms with Gasteiger partial charge in [0.15, 0.2) is 0 Å². The molecule has 0 spiro atoms. The molecule has 1 aromatic carbocycles. The Kier molecular flexibility index (Phi) is 4.84. The minimum Gasteiger partial charge on any atom is -0.336 e. The Morgan fingerprint density at radius 2 is 2.04 bits per heavy atom. The second kappa shape index (κ2) is 7.02. The molecule has 1 aromatic rings. The fraction of sp³-hybridized carbons (Fsp3) is 0.556. The zero-order valence-corrected chi connectivity index (χ0v) is 13.7. The lowest BCUT2D eigenvalue weighted by molar-refractivity contribution is -0.128. The van der Waals surface area contributed by atoms with Gasteiger partial charge in [0.1, 0.15) is 0 Å². The van der Waals surface area contributed by atoms with Crippen LogP contribution in [0.1, 0.15) is 38.2 Å². The fourth-order valence-corrected chi connectivity index (χ4v) is 3.48. The van der Waals surface area contributed by atoms with Gasteiger partial charge in [-0.15, -0.1) is 0 Å². The van der Waals surface area contributed by atoms with Crippen molar-refractivity contribution in [3.8, 4) is 0 Å². The highest BCUT2D eigenvalue weighted by atomic mass is 16.2. The molecule has 0 bridgehead atoms. The number of likely N-dealkylation sites (tertiary alicyclic amines) is 2. The second-order valence-corrected chi connectivity index (χ2v) is 6.65. The maximum atomic E-state index is 12.4. The summed E-state index contributed by atoms with van der Waals surface area (Å²) in [7, 11) is 0. The van der Waals surface area contributed by atoms with E-state index in [-0.39, 0.29) is 18.0 Å². The molecule has 0 aliphatic carbocycles. The van der Waals surface area contributed by atoms with Crippen LogP contribution in [0.15, 0.2) is 30.3 Å². The van der Waals surface area contributed by atoms with Crippen LogP contribution < -0.4 is 5.32 Å². The fourth-order valence-electron chi connectivity index (χ4n) is 3.48. The number of carbonyl (C=O) groups is 2. The molecular formula is C18H25N3O2. The molecule has 2 fully saturated rings. The van der Waals surface area contributed by atoms with Crippen molar-refractivity contribution in [2.24, 2.45) is 0 Å². The standard InChI is InChI=1S/C18H25N3O2/c1-14-7-5-6-10-21(14)18(23)19-16-11-17(22)20(13-16)12-15-8-3-2-4-9-15/h2-4,8-9,14,16H,5-7,10-13H2,1H3,(H,19,23). The number of hydrogen-bond acceptors (Lipinski definition) is 2. The molecule has 0 saturated carbocycles. The van der Waals surface area contributed by atoms with E-state index in [1.807, 2.05) is 40.1 Å². The van der Waals surface area contributed by atoms with Crippen LogP contribution in [0.2, 0.25) is 0 Å². The molecule has 1 N–H and O–H groups in total. The Morgan fingerprint density at radius 1 is 1.26 bits per heavy atom. The summed E-state index contributed by atoms with van der Waals surface area (Å²) in [5.74, 6) is 0.117. The van der Waals surface area contributed by atoms with Crippen LogP contribution in [0.3, 0.4) is 0 Å². The molecule has 2 heterocycles. The molecule has 0 aromatic heterocycles. The molecular weight excluding hydrogens is 290 g/mol. The third-order valence-corrected chi connectivity index (χ3v) is 4.82. The maximum Gasteiger partial charge on any atom is 0.317 e. The van der Waals surface area contributed by atoms with E-state index in [0.717, 1.165) is 24.9 Å². The van der Waals surface area contributed by atoms with Crippen LogP contribution >= 0.6 is 0 Å². The van der Waals surface area contributed by atoms with Crippen molar-refractivity contribution in [2.75, 3.05) is 13.1 Å². The SMILES string of the molecule is CC1CCCCN1C(=O)NC1CC(=O)N(Cc2ccccc2)C1. The maximum absolute atomic E-state index is 12.4. The van der Waals surface area contributed by atoms with Crippen LogP contribution in [0.4, 0.5) is 4.79 Å². The molecule has 2 atom stereocenters. The largest absolute Gasteiger partial charge is 0.336 e. The summed E-state index contributed by atoms with van der Waals surface area (Å²) in [5, 5.41) is 3.05. The minimum absolute atomic E-state index is 0.0171. The quantitative estimate of drug-likeness (QED) is 0.931. The van der Waals surface area contributed by atoms with Gasteiger partial charge in [-0.2, -0.15) is 0 Å². The number of amides is 3. The van der Waals surface area contributed by atoms with E-state index in [1.165, 1.54) is 6.42 Å². The lowest BCUT2D eigenvalue weighted by Crippen LogP contribution is -2.50. The van der Waals surface area contributed by atoms with E-state index < -0.39 is 0 Å². The lowest BCUT2D eigenvalue weighted by atomic mass is 10.0. The molecule has 2 unspecified atom stereocenters. The number of benzene rings is 1. The van der Waals surface area contributed by atoms with Crippen molar-refractivity contribution in [1.29, 1.82) is 0 Å². The second-order valence-electron chi connectivity index (χ2n) is 6.65. The topological polar surface area (TPSA) is 52.7 Å². The molecule has 23 heavy (non-hydrogen) atoms. The first kappa shape index (κ1) is 15.8. The zero-order valence-electron chi connectivity index (χ0n) is 13.7. The predicted molar refractivity (Wildman–Crippen MR) is 88.8 cm³/mol. The summed E-state index contributed by atoms with van der Waals surface area (Å²) < 4.78 is 0. The molecule has 3 amide bonds. The molecule has 3 rings (SSSR count). The average Bonchev–Trinajstić information content (AvgIpc) is 2.88. The van der Waals surface area contributed by atoms with Gasteiger partial charge in [0, 0.05) is 32.1 Å². The number of nitrogens with zero attached hydrogens (tertiary/aromatic N) is 2. The number of piperidine rings is 1. The Hall–Kier alpha value is -2.04. The number of rotatable bonds is 3. The number of nitrogens with one attached hydrogen (secondary N) is 1. The van der Waals surface area contributed by atoms with Crippen LogP contribution in [-0.2, 0) is 11.3 Å². The highest BCUT2D eigenvalue weighted by molar-refractivity contribution is 5.81. The van der Waals surface area contributed by atoms with Gasteiger partial charge in [-0.05, 0) is 31.7 Å². The van der Waals surface area contributed by atoms with Gasteiger partial charge >= 0.3 is 6.03 Å². The third kappa shape index (κ3) is 3.84. The van der Waals surface area contributed by atoms with E-state index >= 15 is 0 Å². The van der Waals surface area contributed by atoms with Crippen molar-refractivity contribution in [3.63, 3.8) is 0 Å². The first-order valence-corrected chi connectivity index (χ1v) is 8.52. The van der Waals surface area contributed by atoms with E-state index in [0.29, 0.717) is 25.6 Å². The Balaban J connectivity index is 1.54. The average molecular weight is 315 g/mol. The van der Waals surface area contributed by atoms with Gasteiger partial charge in [-0.3, -0.25) is 4.79 Å². The van der Waals surface area contributed by atoms with E-state index in [1.54, 1.807) is 0 Å². The summed E-state index contributed by atoms with van der Waals surface area (Å²) in [6.07, 6.45) is 3.73. The van der Waals surface area contributed by atoms with Gasteiger partial charge in [0.05, 0.1) is 6.04 Å². The number of urea groups is 1. The highest BCUT2D eigenvalue weighted by Crippen LogP contribution is 2.18. The molecule has 5 nitrogen and oxygen atoms in total. The molecule has 2 saturated heterocycles. The molecule has 124 valence electrons. The summed E-state index contributed by atoms with van der Waals surface area (Å²) >= 11 is 0. The van der Waals surface area contributed by atoms with E-state index in [4.69, 9.17) is 0 Å². The van der Waals surface area contributed by atoms with E-state index in [9.17, 15) is 9.59 Å². The first-order chi connectivity index (χ1) is 11.1. The van der Waals surface area contributed by atoms with Gasteiger partial charge in [-0.1, -0.05) is 30.3 Å². The van der Waals surface area contributed by atoms with Crippen LogP contribution in [0.25, 0.3) is 0 Å². The lowest BCUT2D eigenvalue weighted by Gasteiger charge is -2.34. The highest BCUT2D eigenvalue weighted by Gasteiger charge is 2.32. The van der Waals surface area contributed by atoms with E-state index in [2.05, 4.69) is 12.2 Å². The molecule has 2 aliphatic heterocycles. The Morgan fingerprint density at radius 3 is 2.78 bits per heavy atom. The molecule has 0 radical (unpaired) electrons. The summed E-state index contributed by atoms with van der Waals surface area (Å²) in [6.45, 7) is 4.13. The smallest absolute Gasteiger partial charge is 0.317 e. The Labute approximate surface area is 137 Å². The molecule has 5 heteroatoms. The van der Waals surface area contributed by atoms with Crippen molar-refractivity contribution in [2.45, 2.75) is 51.2 Å². The van der Waals surface area contributed by atoms with Crippen LogP contribution in [-0.4, -0.2) is 46.9 Å². The first-order valence-electron chi connectivity index (χ1n) is 8.52. The Bertz CT molecular complexity index is 561. The minimum atomic E-state index is -0.0761. The van der Waals surface area contributed by atoms with Crippen molar-refractivity contribution < 1.29 is 9.59 Å². The monoisotopic (exact) mass is 315 g/mol. The zero-order chi connectivity index (χ0) is 16.2. The molecule has 2 aliphatic rings. The van der Waals surface area contributed by atoms with Crippen molar-refractivity contribution in [1.82, 2.24) is 15.1 Å². The van der Waals surface area contributed by atoms with Crippen LogP contribution in [0.5, 0.6) is 0 Å². The van der Waals surface area contributed by atoms with Gasteiger partial charge in [-0.25, -0.2) is 4.79 Å². The van der Waals surface area contributed by atoms with Crippen molar-refractivity contribution >= 4 is 11.9 Å². The normalized spacial score (nSPS) is 24.8. The summed E-state index contributed by atoms with van der Waals surface area (Å²) in [6, 6.07) is 10.2. The summed E-state index contributed by atoms with van der Waals surface area (Å²) in [5.41, 5.74) is 1.12. The van der Waals surface area contributed by atoms with Crippen molar-refractivity contribution in [3.05, 3.63) is 35.9 Å². The van der Waals surface area contributed by atoms with Gasteiger partial charge in [0.2, 0.25) is 5.91 Å². The van der Waals surface area contributed by atoms with Crippen LogP contribution in [0, 0.1) is 0 Å². The summed E-state index contributed by atoms with van der Waals surface area (Å²) in [4.78, 5) is 28.3. The van der Waals surface area contributed by atoms with Gasteiger partial charge in [0.25, 0.3) is 0 Å². The predicted octanol–water partition coefficient (Wildman–Crippen LogP) is 2.37. The third-order valence-electron chi connectivity index (χ3n) is 4.82. The van der Waals surface area contributed by atoms with Gasteiger partial charge < -0.3 is 15.1 Å². The number of carbonyl (C=O) groups excluding carboxylic acids is 2.